The summed E-state index contributed by atoms with van der Waals surface area (Å²) in [5.41, 5.74) is 3.68. The van der Waals surface area contributed by atoms with Gasteiger partial charge in [-0.05, 0) is 0 Å². The summed E-state index contributed by atoms with van der Waals surface area (Å²) < 4.78 is 5.71. The fraction of sp³-hybridized carbons (Fsp3) is 0.125. The van der Waals surface area contributed by atoms with E-state index in [1.165, 1.54) is 25.5 Å². The number of aromatic nitrogens is 2. The number of thiazole rings is 1. The van der Waals surface area contributed by atoms with Crippen LogP contribution in [0.25, 0.3) is 25.0 Å². The van der Waals surface area contributed by atoms with Crippen LogP contribution in [0.5, 0.6) is 0 Å². The molecule has 0 N–H and O–H groups in total. The molecule has 0 fully saturated rings. The van der Waals surface area contributed by atoms with E-state index >= 15 is 0 Å². The van der Waals surface area contributed by atoms with E-state index in [1.807, 2.05) is 0 Å². The summed E-state index contributed by atoms with van der Waals surface area (Å²) in [7, 11) is 0. The van der Waals surface area contributed by atoms with Gasteiger partial charge in [-0.2, -0.15) is 0 Å². The molecule has 0 atom stereocenters. The zero-order valence-electron chi connectivity index (χ0n) is 11.6. The molecule has 0 spiro atoms. The number of aryl methyl sites for hydroxylation is 2. The first-order valence-corrected chi connectivity index (χ1v) is 9.47. The molecule has 0 bridgehead atoms. The van der Waals surface area contributed by atoms with E-state index in [-0.39, 0.29) is 14.7 Å². The number of rotatable bonds is 1. The number of nitrogens with zero attached hydrogens (tertiary/aromatic N) is 2. The van der Waals surface area contributed by atoms with Gasteiger partial charge in [-0.3, -0.25) is 0 Å². The topological polar surface area (TPSA) is 17.8 Å². The Morgan fingerprint density at radius 1 is 1.14 bits per heavy atom. The van der Waals surface area contributed by atoms with Crippen LogP contribution in [-0.2, 0) is 0 Å². The van der Waals surface area contributed by atoms with Crippen LogP contribution < -0.4 is 0 Å². The SMILES string of the molecule is Cc1cc2nc(-n3[se]c4ccccc4c3=S)sc2cc1C. The van der Waals surface area contributed by atoms with Crippen molar-refractivity contribution in [1.29, 1.82) is 0 Å². The van der Waals surface area contributed by atoms with Gasteiger partial charge < -0.3 is 0 Å². The van der Waals surface area contributed by atoms with Crippen LogP contribution in [0.15, 0.2) is 36.4 Å². The number of hydrogen-bond donors (Lipinski definition) is 0. The summed E-state index contributed by atoms with van der Waals surface area (Å²) in [6.07, 6.45) is 0. The molecule has 21 heavy (non-hydrogen) atoms. The van der Waals surface area contributed by atoms with Gasteiger partial charge in [0.05, 0.1) is 0 Å². The van der Waals surface area contributed by atoms with Crippen LogP contribution in [0, 0.1) is 18.5 Å². The van der Waals surface area contributed by atoms with E-state index in [1.54, 1.807) is 11.3 Å². The van der Waals surface area contributed by atoms with Crippen LogP contribution in [-0.4, -0.2) is 23.3 Å². The molecule has 0 aliphatic carbocycles. The Morgan fingerprint density at radius 2 is 1.90 bits per heavy atom. The first-order valence-electron chi connectivity index (χ1n) is 6.63. The van der Waals surface area contributed by atoms with E-state index in [0.717, 1.165) is 15.3 Å². The fourth-order valence-electron chi connectivity index (χ4n) is 2.35. The Labute approximate surface area is 137 Å². The quantitative estimate of drug-likeness (QED) is 0.356. The molecule has 2 heterocycles. The summed E-state index contributed by atoms with van der Waals surface area (Å²) in [5, 5.41) is 2.22. The third-order valence-electron chi connectivity index (χ3n) is 3.66. The second kappa shape index (κ2) is 4.89. The molecule has 0 radical (unpaired) electrons. The van der Waals surface area contributed by atoms with Crippen molar-refractivity contribution in [2.45, 2.75) is 13.8 Å². The number of fused-ring (bicyclic) bond motifs is 2. The first kappa shape index (κ1) is 13.4. The maximum absolute atomic E-state index is 5.64. The Hall–Kier alpha value is -1.26. The van der Waals surface area contributed by atoms with Crippen molar-refractivity contribution < 1.29 is 0 Å². The van der Waals surface area contributed by atoms with Crippen molar-refractivity contribution in [3.63, 3.8) is 0 Å². The molecule has 104 valence electrons. The Balaban J connectivity index is 2.00. The predicted molar refractivity (Wildman–Crippen MR) is 93.7 cm³/mol. The van der Waals surface area contributed by atoms with Gasteiger partial charge in [0, 0.05) is 0 Å². The van der Waals surface area contributed by atoms with Crippen LogP contribution in [0.4, 0.5) is 0 Å². The molecule has 2 nitrogen and oxygen atoms in total. The standard InChI is InChI=1S/C16H12N2S2Se/c1-9-7-12-13(8-10(9)2)20-16(17-12)18-15(19)11-5-3-4-6-14(11)21-18/h3-8H,1-2H3. The molecule has 0 saturated carbocycles. The monoisotopic (exact) mass is 376 g/mol. The molecule has 0 aliphatic rings. The molecule has 4 aromatic rings. The molecular weight excluding hydrogens is 363 g/mol. The van der Waals surface area contributed by atoms with Crippen molar-refractivity contribution in [2.24, 2.45) is 0 Å². The zero-order chi connectivity index (χ0) is 14.6. The fourth-order valence-corrected chi connectivity index (χ4v) is 6.29. The van der Waals surface area contributed by atoms with Crippen molar-refractivity contribution in [3.8, 4) is 5.13 Å². The number of hydrogen-bond acceptors (Lipinski definition) is 3. The third-order valence-corrected chi connectivity index (χ3v) is 7.87. The first-order chi connectivity index (χ1) is 10.1. The minimum absolute atomic E-state index is 0.200. The molecule has 2 aromatic carbocycles. The second-order valence-corrected chi connectivity index (χ2v) is 8.56. The average Bonchev–Trinajstić information content (AvgIpc) is 3.01. The Bertz CT molecular complexity index is 1000. The van der Waals surface area contributed by atoms with Gasteiger partial charge in [0.1, 0.15) is 0 Å². The van der Waals surface area contributed by atoms with E-state index in [0.29, 0.717) is 0 Å². The van der Waals surface area contributed by atoms with Gasteiger partial charge >= 0.3 is 138 Å². The summed E-state index contributed by atoms with van der Waals surface area (Å²) in [5.74, 6) is 0. The van der Waals surface area contributed by atoms with E-state index in [4.69, 9.17) is 17.2 Å². The van der Waals surface area contributed by atoms with Crippen molar-refractivity contribution >= 4 is 58.2 Å². The van der Waals surface area contributed by atoms with Gasteiger partial charge in [0.25, 0.3) is 0 Å². The van der Waals surface area contributed by atoms with E-state index < -0.39 is 0 Å². The second-order valence-electron chi connectivity index (χ2n) is 5.09. The minimum atomic E-state index is 0.200. The Morgan fingerprint density at radius 3 is 2.71 bits per heavy atom. The van der Waals surface area contributed by atoms with Crippen LogP contribution in [0.1, 0.15) is 11.1 Å². The van der Waals surface area contributed by atoms with Crippen molar-refractivity contribution in [3.05, 3.63) is 52.2 Å². The predicted octanol–water partition coefficient (Wildman–Crippen LogP) is 4.64. The molecule has 4 rings (SSSR count). The van der Waals surface area contributed by atoms with Gasteiger partial charge in [0.15, 0.2) is 0 Å². The zero-order valence-corrected chi connectivity index (χ0v) is 14.9. The molecule has 0 unspecified atom stereocenters. The van der Waals surface area contributed by atoms with Crippen molar-refractivity contribution in [1.82, 2.24) is 8.55 Å². The van der Waals surface area contributed by atoms with Gasteiger partial charge in [-0.15, -0.1) is 0 Å². The Kier molecular flexibility index (Phi) is 3.12. The molecule has 0 aliphatic heterocycles. The number of benzene rings is 2. The van der Waals surface area contributed by atoms with Gasteiger partial charge in [-0.25, -0.2) is 0 Å². The van der Waals surface area contributed by atoms with Gasteiger partial charge in [0.2, 0.25) is 0 Å². The third kappa shape index (κ3) is 2.12. The summed E-state index contributed by atoms with van der Waals surface area (Å²) >= 11 is 7.58. The van der Waals surface area contributed by atoms with Crippen molar-refractivity contribution in [2.75, 3.05) is 0 Å². The molecule has 0 amide bonds. The normalized spacial score (nSPS) is 11.5. The summed E-state index contributed by atoms with van der Waals surface area (Å²) in [6.45, 7) is 4.28. The van der Waals surface area contributed by atoms with Gasteiger partial charge in [-0.1, -0.05) is 0 Å². The van der Waals surface area contributed by atoms with Crippen LogP contribution >= 0.6 is 23.6 Å². The van der Waals surface area contributed by atoms with Crippen LogP contribution in [0.2, 0.25) is 0 Å². The molecule has 5 heteroatoms. The molecular formula is C16H12N2S2Se. The average molecular weight is 375 g/mol. The van der Waals surface area contributed by atoms with E-state index in [2.05, 4.69) is 53.8 Å². The molecule has 0 saturated heterocycles. The summed E-state index contributed by atoms with van der Waals surface area (Å²) in [6, 6.07) is 12.8. The molecule has 2 aromatic heterocycles. The van der Waals surface area contributed by atoms with Crippen LogP contribution in [0.3, 0.4) is 0 Å². The maximum atomic E-state index is 5.64. The summed E-state index contributed by atoms with van der Waals surface area (Å²) in [4.78, 5) is 4.80. The van der Waals surface area contributed by atoms with E-state index in [9.17, 15) is 0 Å².